The van der Waals surface area contributed by atoms with E-state index in [0.29, 0.717) is 24.9 Å². The summed E-state index contributed by atoms with van der Waals surface area (Å²) in [5.74, 6) is 1.82. The molecule has 5 nitrogen and oxygen atoms in total. The zero-order valence-electron chi connectivity index (χ0n) is 9.94. The molecule has 0 aliphatic rings. The second-order valence-corrected chi connectivity index (χ2v) is 3.81. The van der Waals surface area contributed by atoms with Gasteiger partial charge in [0.15, 0.2) is 0 Å². The Bertz CT molecular complexity index is 306. The summed E-state index contributed by atoms with van der Waals surface area (Å²) in [6.07, 6.45) is 2.47. The Morgan fingerprint density at radius 3 is 3.00 bits per heavy atom. The van der Waals surface area contributed by atoms with Crippen molar-refractivity contribution in [3.63, 3.8) is 0 Å². The van der Waals surface area contributed by atoms with Gasteiger partial charge in [-0.1, -0.05) is 13.8 Å². The van der Waals surface area contributed by atoms with E-state index in [4.69, 9.17) is 10.5 Å². The van der Waals surface area contributed by atoms with Crippen LogP contribution in [0.2, 0.25) is 0 Å². The molecule has 0 saturated heterocycles. The van der Waals surface area contributed by atoms with Gasteiger partial charge in [-0.05, 0) is 18.9 Å². The van der Waals surface area contributed by atoms with E-state index in [-0.39, 0.29) is 0 Å². The Hall–Kier alpha value is -1.36. The van der Waals surface area contributed by atoms with Gasteiger partial charge in [-0.15, -0.1) is 0 Å². The molecule has 0 amide bonds. The molecule has 0 aromatic carbocycles. The maximum absolute atomic E-state index is 5.53. The van der Waals surface area contributed by atoms with Gasteiger partial charge in [-0.25, -0.2) is 9.97 Å². The standard InChI is InChI=1S/C11H20N4O/c1-3-4-16-11-5-10(14-8-15-11)13-7-9(2)6-12/h5,8-9H,3-4,6-7,12H2,1-2H3,(H,13,14,15). The van der Waals surface area contributed by atoms with Gasteiger partial charge in [0.1, 0.15) is 12.1 Å². The van der Waals surface area contributed by atoms with Crippen LogP contribution < -0.4 is 15.8 Å². The van der Waals surface area contributed by atoms with Crippen molar-refractivity contribution in [2.24, 2.45) is 11.7 Å². The third-order valence-corrected chi connectivity index (χ3v) is 2.13. The van der Waals surface area contributed by atoms with Crippen molar-refractivity contribution in [3.8, 4) is 5.88 Å². The first kappa shape index (κ1) is 12.7. The molecule has 0 spiro atoms. The van der Waals surface area contributed by atoms with Crippen LogP contribution in [0.15, 0.2) is 12.4 Å². The number of rotatable bonds is 7. The number of nitrogens with zero attached hydrogens (tertiary/aromatic N) is 2. The molecule has 1 atom stereocenters. The fraction of sp³-hybridized carbons (Fsp3) is 0.636. The van der Waals surface area contributed by atoms with Crippen LogP contribution in [-0.2, 0) is 0 Å². The van der Waals surface area contributed by atoms with Gasteiger partial charge in [0, 0.05) is 12.6 Å². The third kappa shape index (κ3) is 4.44. The molecule has 1 rings (SSSR count). The Kier molecular flexibility index (Phi) is 5.56. The second kappa shape index (κ2) is 7.00. The summed E-state index contributed by atoms with van der Waals surface area (Å²) in [6, 6.07) is 1.80. The second-order valence-electron chi connectivity index (χ2n) is 3.81. The van der Waals surface area contributed by atoms with Crippen LogP contribution in [0.3, 0.4) is 0 Å². The molecule has 3 N–H and O–H groups in total. The summed E-state index contributed by atoms with van der Waals surface area (Å²) in [6.45, 7) is 6.29. The molecule has 1 unspecified atom stereocenters. The van der Waals surface area contributed by atoms with Crippen molar-refractivity contribution in [2.45, 2.75) is 20.3 Å². The number of hydrogen-bond donors (Lipinski definition) is 2. The van der Waals surface area contributed by atoms with Crippen LogP contribution in [0.4, 0.5) is 5.82 Å². The van der Waals surface area contributed by atoms with Crippen molar-refractivity contribution in [2.75, 3.05) is 25.0 Å². The minimum Gasteiger partial charge on any atom is -0.478 e. The molecule has 16 heavy (non-hydrogen) atoms. The number of nitrogens with one attached hydrogen (secondary N) is 1. The summed E-state index contributed by atoms with van der Waals surface area (Å²) in [4.78, 5) is 8.14. The Morgan fingerprint density at radius 1 is 1.50 bits per heavy atom. The van der Waals surface area contributed by atoms with E-state index in [1.165, 1.54) is 6.33 Å². The Balaban J connectivity index is 2.46. The van der Waals surface area contributed by atoms with Crippen LogP contribution in [0.25, 0.3) is 0 Å². The highest BCUT2D eigenvalue weighted by Crippen LogP contribution is 2.11. The van der Waals surface area contributed by atoms with Gasteiger partial charge >= 0.3 is 0 Å². The van der Waals surface area contributed by atoms with Gasteiger partial charge in [-0.3, -0.25) is 0 Å². The normalized spacial score (nSPS) is 12.2. The van der Waals surface area contributed by atoms with Crippen molar-refractivity contribution < 1.29 is 4.74 Å². The zero-order chi connectivity index (χ0) is 11.8. The molecule has 0 bridgehead atoms. The highest BCUT2D eigenvalue weighted by Gasteiger charge is 2.01. The smallest absolute Gasteiger partial charge is 0.218 e. The monoisotopic (exact) mass is 224 g/mol. The van der Waals surface area contributed by atoms with Gasteiger partial charge in [0.05, 0.1) is 6.61 Å². The van der Waals surface area contributed by atoms with Crippen LogP contribution in [0.1, 0.15) is 20.3 Å². The minimum absolute atomic E-state index is 0.426. The number of anilines is 1. The summed E-state index contributed by atoms with van der Waals surface area (Å²) >= 11 is 0. The van der Waals surface area contributed by atoms with Gasteiger partial charge in [-0.2, -0.15) is 0 Å². The summed E-state index contributed by atoms with van der Waals surface area (Å²) < 4.78 is 5.41. The molecule has 5 heteroatoms. The van der Waals surface area contributed by atoms with E-state index < -0.39 is 0 Å². The minimum atomic E-state index is 0.426. The van der Waals surface area contributed by atoms with E-state index in [1.807, 2.05) is 0 Å². The average Bonchev–Trinajstić information content (AvgIpc) is 2.34. The van der Waals surface area contributed by atoms with E-state index in [0.717, 1.165) is 18.8 Å². The highest BCUT2D eigenvalue weighted by molar-refractivity contribution is 5.36. The molecule has 0 aliphatic carbocycles. The molecule has 0 aliphatic heterocycles. The molecule has 1 aromatic rings. The summed E-state index contributed by atoms with van der Waals surface area (Å²) in [5.41, 5.74) is 5.53. The first-order valence-corrected chi connectivity index (χ1v) is 5.65. The van der Waals surface area contributed by atoms with Crippen molar-refractivity contribution >= 4 is 5.82 Å². The first-order chi connectivity index (χ1) is 7.76. The highest BCUT2D eigenvalue weighted by atomic mass is 16.5. The molecule has 0 radical (unpaired) electrons. The van der Waals surface area contributed by atoms with Crippen LogP contribution in [0.5, 0.6) is 5.88 Å². The quantitative estimate of drug-likeness (QED) is 0.729. The fourth-order valence-electron chi connectivity index (χ4n) is 1.08. The van der Waals surface area contributed by atoms with Crippen molar-refractivity contribution in [1.82, 2.24) is 9.97 Å². The van der Waals surface area contributed by atoms with Crippen LogP contribution in [-0.4, -0.2) is 29.7 Å². The van der Waals surface area contributed by atoms with Crippen LogP contribution >= 0.6 is 0 Å². The topological polar surface area (TPSA) is 73.1 Å². The SMILES string of the molecule is CCCOc1cc(NCC(C)CN)ncn1. The van der Waals surface area contributed by atoms with Gasteiger partial charge < -0.3 is 15.8 Å². The molecule has 0 saturated carbocycles. The zero-order valence-corrected chi connectivity index (χ0v) is 9.94. The first-order valence-electron chi connectivity index (χ1n) is 5.65. The van der Waals surface area contributed by atoms with E-state index in [9.17, 15) is 0 Å². The maximum Gasteiger partial charge on any atom is 0.218 e. The van der Waals surface area contributed by atoms with E-state index in [1.54, 1.807) is 6.07 Å². The van der Waals surface area contributed by atoms with Gasteiger partial charge in [0.25, 0.3) is 0 Å². The number of ether oxygens (including phenoxy) is 1. The molecular weight excluding hydrogens is 204 g/mol. The third-order valence-electron chi connectivity index (χ3n) is 2.13. The average molecular weight is 224 g/mol. The largest absolute Gasteiger partial charge is 0.478 e. The lowest BCUT2D eigenvalue weighted by Gasteiger charge is -2.11. The Morgan fingerprint density at radius 2 is 2.31 bits per heavy atom. The predicted molar refractivity (Wildman–Crippen MR) is 64.5 cm³/mol. The maximum atomic E-state index is 5.53. The predicted octanol–water partition coefficient (Wildman–Crippen LogP) is 1.27. The molecular formula is C11H20N4O. The summed E-state index contributed by atoms with van der Waals surface area (Å²) in [7, 11) is 0. The van der Waals surface area contributed by atoms with Crippen molar-refractivity contribution in [3.05, 3.63) is 12.4 Å². The van der Waals surface area contributed by atoms with E-state index >= 15 is 0 Å². The number of nitrogens with two attached hydrogens (primary N) is 1. The Labute approximate surface area is 96.4 Å². The lowest BCUT2D eigenvalue weighted by Crippen LogP contribution is -2.20. The molecule has 1 aromatic heterocycles. The lowest BCUT2D eigenvalue weighted by atomic mass is 10.2. The number of hydrogen-bond acceptors (Lipinski definition) is 5. The molecule has 1 heterocycles. The van der Waals surface area contributed by atoms with Crippen LogP contribution in [0, 0.1) is 5.92 Å². The summed E-state index contributed by atoms with van der Waals surface area (Å²) in [5, 5.41) is 3.20. The van der Waals surface area contributed by atoms with E-state index in [2.05, 4.69) is 29.1 Å². The molecule has 90 valence electrons. The molecule has 0 fully saturated rings. The lowest BCUT2D eigenvalue weighted by molar-refractivity contribution is 0.305. The number of aromatic nitrogens is 2. The van der Waals surface area contributed by atoms with Crippen molar-refractivity contribution in [1.29, 1.82) is 0 Å². The fourth-order valence-corrected chi connectivity index (χ4v) is 1.08. The van der Waals surface area contributed by atoms with Gasteiger partial charge in [0.2, 0.25) is 5.88 Å².